The van der Waals surface area contributed by atoms with Crippen molar-refractivity contribution in [3.05, 3.63) is 36.0 Å². The van der Waals surface area contributed by atoms with Gasteiger partial charge in [-0.3, -0.25) is 5.32 Å². The van der Waals surface area contributed by atoms with Gasteiger partial charge in [-0.25, -0.2) is 0 Å². The first-order valence-electron chi connectivity index (χ1n) is 5.91. The molecule has 0 aliphatic heterocycles. The monoisotopic (exact) mass is 232 g/mol. The molecule has 0 saturated carbocycles. The summed E-state index contributed by atoms with van der Waals surface area (Å²) in [6.07, 6.45) is 2.11. The van der Waals surface area contributed by atoms with Crippen LogP contribution in [-0.4, -0.2) is 25.4 Å². The predicted molar refractivity (Wildman–Crippen MR) is 71.2 cm³/mol. The second kappa shape index (κ2) is 4.90. The van der Waals surface area contributed by atoms with Gasteiger partial charge in [-0.05, 0) is 11.6 Å². The molecule has 0 fully saturated rings. The van der Waals surface area contributed by atoms with Crippen molar-refractivity contribution in [3.8, 4) is 0 Å². The van der Waals surface area contributed by atoms with Crippen molar-refractivity contribution in [1.82, 2.24) is 10.3 Å². The van der Waals surface area contributed by atoms with Crippen molar-refractivity contribution in [2.45, 2.75) is 19.3 Å². The van der Waals surface area contributed by atoms with Crippen molar-refractivity contribution in [1.29, 1.82) is 0 Å². The number of H-pyrrole nitrogens is 1. The predicted octanol–water partition coefficient (Wildman–Crippen LogP) is 2.64. The van der Waals surface area contributed by atoms with Crippen LogP contribution in [0.1, 0.15) is 19.4 Å². The summed E-state index contributed by atoms with van der Waals surface area (Å²) >= 11 is 0. The molecule has 1 heterocycles. The molecule has 92 valence electrons. The largest absolute Gasteiger partial charge is 0.370 e. The van der Waals surface area contributed by atoms with E-state index in [-0.39, 0.29) is 5.41 Å². The maximum Gasteiger partial charge on any atom is 0.0961 e. The lowest BCUT2D eigenvalue weighted by Crippen LogP contribution is -2.33. The average Bonchev–Trinajstić information content (AvgIpc) is 2.73. The lowest BCUT2D eigenvalue weighted by atomic mass is 9.84. The summed E-state index contributed by atoms with van der Waals surface area (Å²) in [5.41, 5.74) is 2.62. The zero-order valence-electron chi connectivity index (χ0n) is 10.7. The maximum absolute atomic E-state index is 5.02. The number of benzene rings is 1. The molecular weight excluding hydrogens is 212 g/mol. The van der Waals surface area contributed by atoms with Crippen molar-refractivity contribution in [3.63, 3.8) is 0 Å². The first-order valence-corrected chi connectivity index (χ1v) is 5.91. The van der Waals surface area contributed by atoms with Crippen LogP contribution in [0.4, 0.5) is 0 Å². The van der Waals surface area contributed by atoms with Gasteiger partial charge in [0.15, 0.2) is 0 Å². The second-order valence-corrected chi connectivity index (χ2v) is 4.99. The minimum Gasteiger partial charge on any atom is -0.370 e. The van der Waals surface area contributed by atoms with E-state index in [0.29, 0.717) is 6.73 Å². The van der Waals surface area contributed by atoms with Gasteiger partial charge in [-0.1, -0.05) is 32.0 Å². The standard InChI is InChI=1S/C14H20N2O/c1-14(2,9-15-10-17-3)12-8-16-13-7-5-4-6-11(12)13/h4-8,15-16H,9-10H2,1-3H3. The molecule has 0 aliphatic carbocycles. The molecule has 0 saturated heterocycles. The number of aromatic nitrogens is 1. The van der Waals surface area contributed by atoms with E-state index in [2.05, 4.69) is 54.6 Å². The number of aromatic amines is 1. The Kier molecular flexibility index (Phi) is 3.50. The number of rotatable bonds is 5. The van der Waals surface area contributed by atoms with Crippen LogP contribution in [0.5, 0.6) is 0 Å². The Morgan fingerprint density at radius 3 is 2.82 bits per heavy atom. The SMILES string of the molecule is COCNCC(C)(C)c1c[nH]c2ccccc12. The van der Waals surface area contributed by atoms with E-state index >= 15 is 0 Å². The van der Waals surface area contributed by atoms with Crippen LogP contribution in [0.15, 0.2) is 30.5 Å². The molecule has 1 aromatic carbocycles. The number of methoxy groups -OCH3 is 1. The van der Waals surface area contributed by atoms with Gasteiger partial charge in [-0.2, -0.15) is 0 Å². The van der Waals surface area contributed by atoms with Gasteiger partial charge in [0.1, 0.15) is 0 Å². The second-order valence-electron chi connectivity index (χ2n) is 4.99. The quantitative estimate of drug-likeness (QED) is 0.614. The molecule has 0 amide bonds. The fourth-order valence-corrected chi connectivity index (χ4v) is 2.19. The Balaban J connectivity index is 2.25. The highest BCUT2D eigenvalue weighted by molar-refractivity contribution is 5.84. The van der Waals surface area contributed by atoms with E-state index in [1.807, 2.05) is 0 Å². The van der Waals surface area contributed by atoms with Crippen LogP contribution >= 0.6 is 0 Å². The lowest BCUT2D eigenvalue weighted by Gasteiger charge is -2.24. The van der Waals surface area contributed by atoms with Crippen molar-refractivity contribution >= 4 is 10.9 Å². The highest BCUT2D eigenvalue weighted by atomic mass is 16.5. The zero-order chi connectivity index (χ0) is 12.3. The summed E-state index contributed by atoms with van der Waals surface area (Å²) in [6, 6.07) is 8.41. The van der Waals surface area contributed by atoms with Gasteiger partial charge >= 0.3 is 0 Å². The van der Waals surface area contributed by atoms with Crippen molar-refractivity contribution in [2.24, 2.45) is 0 Å². The Morgan fingerprint density at radius 1 is 1.29 bits per heavy atom. The van der Waals surface area contributed by atoms with Crippen LogP contribution in [0.3, 0.4) is 0 Å². The van der Waals surface area contributed by atoms with Gasteiger partial charge < -0.3 is 9.72 Å². The Morgan fingerprint density at radius 2 is 2.06 bits per heavy atom. The number of fused-ring (bicyclic) bond motifs is 1. The molecule has 2 rings (SSSR count). The Hall–Kier alpha value is -1.32. The zero-order valence-corrected chi connectivity index (χ0v) is 10.7. The number of ether oxygens (including phenoxy) is 1. The highest BCUT2D eigenvalue weighted by Crippen LogP contribution is 2.29. The van der Waals surface area contributed by atoms with Crippen molar-refractivity contribution < 1.29 is 4.74 Å². The minimum atomic E-state index is 0.0815. The Bertz CT molecular complexity index is 488. The van der Waals surface area contributed by atoms with E-state index in [1.165, 1.54) is 16.5 Å². The van der Waals surface area contributed by atoms with Crippen LogP contribution in [0, 0.1) is 0 Å². The van der Waals surface area contributed by atoms with Crippen LogP contribution in [0.25, 0.3) is 10.9 Å². The maximum atomic E-state index is 5.02. The molecule has 0 spiro atoms. The summed E-state index contributed by atoms with van der Waals surface area (Å²) in [4.78, 5) is 3.33. The van der Waals surface area contributed by atoms with Gasteiger partial charge in [0, 0.05) is 36.2 Å². The lowest BCUT2D eigenvalue weighted by molar-refractivity contribution is 0.169. The third kappa shape index (κ3) is 2.51. The first kappa shape index (κ1) is 12.1. The van der Waals surface area contributed by atoms with Gasteiger partial charge in [0.05, 0.1) is 6.73 Å². The fraction of sp³-hybridized carbons (Fsp3) is 0.429. The molecule has 2 N–H and O–H groups in total. The van der Waals surface area contributed by atoms with E-state index in [9.17, 15) is 0 Å². The van der Waals surface area contributed by atoms with Crippen LogP contribution < -0.4 is 5.32 Å². The van der Waals surface area contributed by atoms with E-state index in [4.69, 9.17) is 4.74 Å². The van der Waals surface area contributed by atoms with E-state index in [0.717, 1.165) is 6.54 Å². The summed E-state index contributed by atoms with van der Waals surface area (Å²) in [5, 5.41) is 4.59. The van der Waals surface area contributed by atoms with Gasteiger partial charge in [0.2, 0.25) is 0 Å². The molecular formula is C14H20N2O. The molecule has 1 aromatic heterocycles. The molecule has 2 aromatic rings. The first-order chi connectivity index (χ1) is 8.15. The van der Waals surface area contributed by atoms with E-state index < -0.39 is 0 Å². The number of para-hydroxylation sites is 1. The third-order valence-corrected chi connectivity index (χ3v) is 3.13. The van der Waals surface area contributed by atoms with Gasteiger partial charge in [0.25, 0.3) is 0 Å². The topological polar surface area (TPSA) is 37.0 Å². The summed E-state index contributed by atoms with van der Waals surface area (Å²) < 4.78 is 5.02. The molecule has 0 radical (unpaired) electrons. The molecule has 0 bridgehead atoms. The number of nitrogens with one attached hydrogen (secondary N) is 2. The molecule has 0 aliphatic rings. The van der Waals surface area contributed by atoms with Crippen LogP contribution in [0.2, 0.25) is 0 Å². The molecule has 3 heteroatoms. The molecule has 3 nitrogen and oxygen atoms in total. The number of hydrogen-bond donors (Lipinski definition) is 2. The minimum absolute atomic E-state index is 0.0815. The Labute approximate surface area is 102 Å². The van der Waals surface area contributed by atoms with Crippen molar-refractivity contribution in [2.75, 3.05) is 20.4 Å². The van der Waals surface area contributed by atoms with Gasteiger partial charge in [-0.15, -0.1) is 0 Å². The molecule has 17 heavy (non-hydrogen) atoms. The van der Waals surface area contributed by atoms with E-state index in [1.54, 1.807) is 7.11 Å². The smallest absolute Gasteiger partial charge is 0.0961 e. The number of hydrogen-bond acceptors (Lipinski definition) is 2. The molecule has 0 unspecified atom stereocenters. The summed E-state index contributed by atoms with van der Waals surface area (Å²) in [5.74, 6) is 0. The third-order valence-electron chi connectivity index (χ3n) is 3.13. The highest BCUT2D eigenvalue weighted by Gasteiger charge is 2.23. The summed E-state index contributed by atoms with van der Waals surface area (Å²) in [7, 11) is 1.70. The average molecular weight is 232 g/mol. The summed E-state index contributed by atoms with van der Waals surface area (Å²) in [6.45, 7) is 5.96. The van der Waals surface area contributed by atoms with Crippen LogP contribution in [-0.2, 0) is 10.2 Å². The fourth-order valence-electron chi connectivity index (χ4n) is 2.19. The molecule has 0 atom stereocenters. The normalized spacial score (nSPS) is 12.2.